The fourth-order valence-electron chi connectivity index (χ4n) is 3.55. The summed E-state index contributed by atoms with van der Waals surface area (Å²) < 4.78 is 4.00. The Morgan fingerprint density at radius 3 is 2.16 bits per heavy atom. The van der Waals surface area contributed by atoms with E-state index in [1.807, 2.05) is 28.3 Å². The number of hydrogen-bond donors (Lipinski definition) is 0. The summed E-state index contributed by atoms with van der Waals surface area (Å²) in [7, 11) is 0. The number of fused-ring (bicyclic) bond motifs is 1. The van der Waals surface area contributed by atoms with Gasteiger partial charge in [-0.2, -0.15) is 0 Å². The van der Waals surface area contributed by atoms with Crippen LogP contribution in [0.1, 0.15) is 96.0 Å². The summed E-state index contributed by atoms with van der Waals surface area (Å²) in [5.74, 6) is 0.204. The summed E-state index contributed by atoms with van der Waals surface area (Å²) in [4.78, 5) is 17.7. The van der Waals surface area contributed by atoms with Gasteiger partial charge in [0.2, 0.25) is 0 Å². The number of aromatic nitrogens is 2. The van der Waals surface area contributed by atoms with Gasteiger partial charge in [0.25, 0.3) is 0 Å². The van der Waals surface area contributed by atoms with Gasteiger partial charge in [-0.1, -0.05) is 0 Å². The molecule has 0 fully saturated rings. The molecule has 2 heterocycles. The Hall–Kier alpha value is -0.361. The van der Waals surface area contributed by atoms with Crippen LogP contribution in [0.3, 0.4) is 0 Å². The topological polar surface area (TPSA) is 34.4 Å². The van der Waals surface area contributed by atoms with E-state index in [0.717, 1.165) is 10.5 Å². The minimum atomic E-state index is -0.869. The van der Waals surface area contributed by atoms with Crippen molar-refractivity contribution in [3.63, 3.8) is 0 Å². The molecular weight excluding hydrogens is 435 g/mol. The maximum atomic E-state index is 12.4. The summed E-state index contributed by atoms with van der Waals surface area (Å²) >= 11 is 0.972. The van der Waals surface area contributed by atoms with Gasteiger partial charge in [-0.25, -0.2) is 0 Å². The molecular formula is C20H32N2OSSn. The third kappa shape index (κ3) is 5.31. The van der Waals surface area contributed by atoms with E-state index in [-0.39, 0.29) is 5.78 Å². The van der Waals surface area contributed by atoms with Gasteiger partial charge in [-0.05, 0) is 0 Å². The zero-order chi connectivity index (χ0) is 18.3. The molecule has 3 nitrogen and oxygen atoms in total. The van der Waals surface area contributed by atoms with Gasteiger partial charge in [-0.15, -0.1) is 0 Å². The number of unbranched alkanes of at least 4 members (excludes halogenated alkanes) is 3. The second kappa shape index (κ2) is 10.1. The van der Waals surface area contributed by atoms with Crippen LogP contribution in [-0.2, 0) is 0 Å². The second-order valence-corrected chi connectivity index (χ2v) is 14.4. The fourth-order valence-corrected chi connectivity index (χ4v) is 12.4. The molecule has 2 aromatic rings. The quantitative estimate of drug-likeness (QED) is 0.299. The van der Waals surface area contributed by atoms with E-state index in [9.17, 15) is 4.79 Å². The molecule has 0 aliphatic rings. The van der Waals surface area contributed by atoms with Crippen molar-refractivity contribution in [1.29, 1.82) is 0 Å². The number of rotatable bonds is 12. The number of nitrogens with zero attached hydrogens (tertiary/aromatic N) is 2. The van der Waals surface area contributed by atoms with E-state index in [1.54, 1.807) is 6.92 Å². The molecule has 25 heavy (non-hydrogen) atoms. The number of imidazole rings is 1. The van der Waals surface area contributed by atoms with Crippen molar-refractivity contribution in [2.75, 3.05) is 0 Å². The average molecular weight is 467 g/mol. The van der Waals surface area contributed by atoms with Crippen molar-refractivity contribution in [3.8, 4) is 0 Å². The van der Waals surface area contributed by atoms with E-state index in [0.29, 0.717) is 3.43 Å². The van der Waals surface area contributed by atoms with E-state index in [2.05, 4.69) is 25.8 Å². The molecule has 0 bridgehead atoms. The van der Waals surface area contributed by atoms with Gasteiger partial charge >= 0.3 is 167 Å². The Labute approximate surface area is 166 Å². The number of Topliss-reactive ketones (excluding diaryl/α,β-unsaturated/α-hetero) is 1. The van der Waals surface area contributed by atoms with Crippen LogP contribution >= 0.6 is 11.3 Å². The first-order chi connectivity index (χ1) is 12.1. The molecule has 0 unspecified atom stereocenters. The van der Waals surface area contributed by atoms with Crippen molar-refractivity contribution >= 4 is 46.0 Å². The number of carbonyl (C=O) groups is 1. The van der Waals surface area contributed by atoms with Gasteiger partial charge in [0.15, 0.2) is 0 Å². The minimum absolute atomic E-state index is 0.204. The van der Waals surface area contributed by atoms with Crippen LogP contribution in [0.2, 0.25) is 3.43 Å². The van der Waals surface area contributed by atoms with E-state index < -0.39 is 21.1 Å². The maximum absolute atomic E-state index is 12.4. The Kier molecular flexibility index (Phi) is 8.46. The molecule has 0 spiro atoms. The van der Waals surface area contributed by atoms with Gasteiger partial charge in [0.05, 0.1) is 0 Å². The molecule has 0 aliphatic heterocycles. The predicted molar refractivity (Wildman–Crippen MR) is 110 cm³/mol. The molecule has 0 saturated carbocycles. The molecule has 0 amide bonds. The summed E-state index contributed by atoms with van der Waals surface area (Å²) in [5.41, 5.74) is 0.943. The fraction of sp³-hybridized carbons (Fsp3) is 0.700. The van der Waals surface area contributed by atoms with Crippen LogP contribution < -0.4 is 2.89 Å². The number of ketones is 1. The molecule has 5 heteroatoms. The molecule has 0 saturated heterocycles. The first-order valence-corrected chi connectivity index (χ1v) is 13.5. The van der Waals surface area contributed by atoms with Crippen LogP contribution in [0, 0.1) is 0 Å². The number of hydrogen-bond acceptors (Lipinski definition) is 3. The number of thiazole rings is 1. The zero-order valence-electron chi connectivity index (χ0n) is 16.2. The standard InChI is InChI=1S/C13H27.C7H5N2OS.Sn/c1-4-7-10-13(11-8-5-2)12-9-6-3;1-5(10)6-3-11-7-2-8-4-9(6)7;/h4-12H2,1-3H3;2,4H,1H3;. The number of carbonyl (C=O) groups excluding carboxylic acids is 1. The Balaban J connectivity index is 2.37. The van der Waals surface area contributed by atoms with Crippen LogP contribution in [0.4, 0.5) is 0 Å². The van der Waals surface area contributed by atoms with Crippen molar-refractivity contribution in [1.82, 2.24) is 9.38 Å². The summed E-state index contributed by atoms with van der Waals surface area (Å²) in [6.07, 6.45) is 15.6. The van der Waals surface area contributed by atoms with E-state index in [1.165, 1.54) is 60.7 Å². The summed E-state index contributed by atoms with van der Waals surface area (Å²) in [6, 6.07) is 0. The van der Waals surface area contributed by atoms with Crippen molar-refractivity contribution in [3.05, 3.63) is 18.2 Å². The third-order valence-corrected chi connectivity index (χ3v) is 12.5. The Morgan fingerprint density at radius 2 is 1.68 bits per heavy atom. The second-order valence-electron chi connectivity index (χ2n) is 7.15. The predicted octanol–water partition coefficient (Wildman–Crippen LogP) is 5.66. The zero-order valence-corrected chi connectivity index (χ0v) is 19.9. The molecule has 0 aliphatic carbocycles. The van der Waals surface area contributed by atoms with Crippen molar-refractivity contribution in [2.24, 2.45) is 0 Å². The SMILES string of the molecule is CCCC[C](CCCC)(CCCC)[Sn][c]1sc2cncn2c1C(C)=O. The Morgan fingerprint density at radius 1 is 1.12 bits per heavy atom. The monoisotopic (exact) mass is 468 g/mol. The van der Waals surface area contributed by atoms with Crippen LogP contribution in [0.25, 0.3) is 4.83 Å². The first-order valence-electron chi connectivity index (χ1n) is 9.80. The van der Waals surface area contributed by atoms with Crippen LogP contribution in [-0.4, -0.2) is 36.3 Å². The molecule has 0 aromatic carbocycles. The Bertz CT molecular complexity index is 655. The van der Waals surface area contributed by atoms with Gasteiger partial charge in [0.1, 0.15) is 0 Å². The molecule has 0 atom stereocenters. The van der Waals surface area contributed by atoms with Crippen LogP contribution in [0.5, 0.6) is 0 Å². The van der Waals surface area contributed by atoms with E-state index in [4.69, 9.17) is 0 Å². The van der Waals surface area contributed by atoms with E-state index >= 15 is 0 Å². The summed E-state index contributed by atoms with van der Waals surface area (Å²) in [5, 5.41) is 0. The molecule has 138 valence electrons. The first kappa shape index (κ1) is 20.9. The van der Waals surface area contributed by atoms with Crippen molar-refractivity contribution in [2.45, 2.75) is 88.9 Å². The van der Waals surface area contributed by atoms with Gasteiger partial charge in [-0.3, -0.25) is 0 Å². The normalized spacial score (nSPS) is 12.2. The third-order valence-electron chi connectivity index (χ3n) is 5.01. The average Bonchev–Trinajstić information content (AvgIpc) is 3.16. The van der Waals surface area contributed by atoms with Crippen LogP contribution in [0.15, 0.2) is 12.5 Å². The summed E-state index contributed by atoms with van der Waals surface area (Å²) in [6.45, 7) is 8.63. The molecule has 0 N–H and O–H groups in total. The van der Waals surface area contributed by atoms with Crippen molar-refractivity contribution < 1.29 is 4.79 Å². The molecule has 2 radical (unpaired) electrons. The molecule has 2 rings (SSSR count). The molecule has 2 aromatic heterocycles. The van der Waals surface area contributed by atoms with Gasteiger partial charge in [0, 0.05) is 0 Å². The van der Waals surface area contributed by atoms with Gasteiger partial charge < -0.3 is 0 Å².